The Morgan fingerprint density at radius 2 is 1.80 bits per heavy atom. The molecule has 0 heterocycles. The average Bonchev–Trinajstić information content (AvgIpc) is 2.10. The summed E-state index contributed by atoms with van der Waals surface area (Å²) in [6, 6.07) is 4.06. The van der Waals surface area contributed by atoms with Crippen molar-refractivity contribution in [1.82, 2.24) is 5.32 Å². The molecule has 0 aromatic heterocycles. The number of rotatable bonds is 1. The molecule has 0 fully saturated rings. The Morgan fingerprint density at radius 3 is 2.27 bits per heavy atom. The van der Waals surface area contributed by atoms with Crippen LogP contribution in [0.3, 0.4) is 0 Å². The first-order chi connectivity index (χ1) is 7.00. The number of halogens is 2. The van der Waals surface area contributed by atoms with E-state index in [-0.39, 0.29) is 11.6 Å². The van der Waals surface area contributed by atoms with Crippen molar-refractivity contribution in [3.8, 4) is 0 Å². The van der Waals surface area contributed by atoms with Gasteiger partial charge in [0.15, 0.2) is 0 Å². The second-order valence-electron chi connectivity index (χ2n) is 2.56. The van der Waals surface area contributed by atoms with Crippen LogP contribution in [-0.4, -0.2) is 12.0 Å². The van der Waals surface area contributed by atoms with Gasteiger partial charge >= 0.3 is 6.03 Å². The maximum atomic E-state index is 10.5. The molecule has 0 aliphatic rings. The predicted octanol–water partition coefficient (Wildman–Crippen LogP) is 1.61. The van der Waals surface area contributed by atoms with Crippen molar-refractivity contribution in [3.05, 3.63) is 28.2 Å². The molecule has 1 rings (SSSR count). The van der Waals surface area contributed by atoms with Crippen LogP contribution in [0.4, 0.5) is 10.5 Å². The smallest absolute Gasteiger partial charge is 0.318 e. The molecule has 0 unspecified atom stereocenters. The van der Waals surface area contributed by atoms with E-state index < -0.39 is 6.03 Å². The summed E-state index contributed by atoms with van der Waals surface area (Å²) < 4.78 is 0. The minimum absolute atomic E-state index is 0.169. The molecular weight excluding hydrogens is 239 g/mol. The van der Waals surface area contributed by atoms with Gasteiger partial charge in [-0.15, -0.1) is 0 Å². The number of urea groups is 1. The standard InChI is InChI=1S/C8H8Cl2N4O/c9-4-2-1-3-5(10)6(4)13-7(11)14-8(12)15/h1-3H,(H5,11,12,13,14,15). The molecule has 7 heteroatoms. The molecule has 0 aliphatic carbocycles. The first kappa shape index (κ1) is 11.6. The lowest BCUT2D eigenvalue weighted by Crippen LogP contribution is -2.39. The van der Waals surface area contributed by atoms with Crippen molar-refractivity contribution < 1.29 is 4.79 Å². The molecular formula is C8H8Cl2N4O. The largest absolute Gasteiger partial charge is 0.369 e. The van der Waals surface area contributed by atoms with E-state index in [4.69, 9.17) is 34.7 Å². The van der Waals surface area contributed by atoms with E-state index in [1.807, 2.05) is 0 Å². The van der Waals surface area contributed by atoms with Gasteiger partial charge in [0, 0.05) is 0 Å². The lowest BCUT2D eigenvalue weighted by atomic mass is 10.3. The number of hydrogen-bond acceptors (Lipinski definition) is 2. The minimum atomic E-state index is -0.806. The van der Waals surface area contributed by atoms with E-state index in [0.717, 1.165) is 0 Å². The number of amides is 2. The monoisotopic (exact) mass is 246 g/mol. The van der Waals surface area contributed by atoms with Crippen molar-refractivity contribution in [2.75, 3.05) is 0 Å². The van der Waals surface area contributed by atoms with Crippen molar-refractivity contribution in [1.29, 1.82) is 0 Å². The lowest BCUT2D eigenvalue weighted by Gasteiger charge is -2.03. The van der Waals surface area contributed by atoms with Crippen molar-refractivity contribution in [3.63, 3.8) is 0 Å². The minimum Gasteiger partial charge on any atom is -0.369 e. The molecule has 1 aromatic carbocycles. The van der Waals surface area contributed by atoms with Crippen LogP contribution in [0.15, 0.2) is 23.2 Å². The summed E-state index contributed by atoms with van der Waals surface area (Å²) in [7, 11) is 0. The lowest BCUT2D eigenvalue weighted by molar-refractivity contribution is 0.253. The number of aliphatic imine (C=N–C) groups is 1. The molecule has 0 spiro atoms. The molecule has 0 atom stereocenters. The maximum absolute atomic E-state index is 10.5. The Bertz CT molecular complexity index is 399. The highest BCUT2D eigenvalue weighted by molar-refractivity contribution is 6.38. The summed E-state index contributed by atoms with van der Waals surface area (Å²) in [5, 5.41) is 2.76. The number of nitrogens with zero attached hydrogens (tertiary/aromatic N) is 1. The molecule has 5 nitrogen and oxygen atoms in total. The van der Waals surface area contributed by atoms with Crippen molar-refractivity contribution in [2.24, 2.45) is 16.5 Å². The van der Waals surface area contributed by atoms with Gasteiger partial charge in [0.2, 0.25) is 5.96 Å². The van der Waals surface area contributed by atoms with Gasteiger partial charge in [-0.2, -0.15) is 0 Å². The normalized spacial score (nSPS) is 11.2. The quantitative estimate of drug-likeness (QED) is 0.519. The molecule has 1 aromatic rings. The molecule has 0 aliphatic heterocycles. The molecule has 0 radical (unpaired) electrons. The molecule has 80 valence electrons. The number of hydrogen-bond donors (Lipinski definition) is 3. The zero-order chi connectivity index (χ0) is 11.4. The Balaban J connectivity index is 3.02. The van der Waals surface area contributed by atoms with Gasteiger partial charge in [0.05, 0.1) is 10.0 Å². The van der Waals surface area contributed by atoms with E-state index in [0.29, 0.717) is 10.0 Å². The van der Waals surface area contributed by atoms with Gasteiger partial charge in [-0.05, 0) is 12.1 Å². The number of benzene rings is 1. The summed E-state index contributed by atoms with van der Waals surface area (Å²) in [6.07, 6.45) is 0. The molecule has 0 saturated carbocycles. The number of nitrogens with one attached hydrogen (secondary N) is 1. The van der Waals surface area contributed by atoms with Crippen LogP contribution in [0.25, 0.3) is 0 Å². The summed E-state index contributed by atoms with van der Waals surface area (Å²) in [5.74, 6) is -0.169. The SMILES string of the molecule is NC(=O)NC(N)=Nc1c(Cl)cccc1Cl. The fraction of sp³-hybridized carbons (Fsp3) is 0. The fourth-order valence-electron chi connectivity index (χ4n) is 0.870. The second kappa shape index (κ2) is 4.86. The Kier molecular flexibility index (Phi) is 3.76. The van der Waals surface area contributed by atoms with Crippen LogP contribution in [0.1, 0.15) is 0 Å². The highest BCUT2D eigenvalue weighted by Gasteiger charge is 2.05. The maximum Gasteiger partial charge on any atom is 0.318 e. The number of para-hydroxylation sites is 1. The van der Waals surface area contributed by atoms with Gasteiger partial charge < -0.3 is 11.5 Å². The zero-order valence-corrected chi connectivity index (χ0v) is 9.01. The second-order valence-corrected chi connectivity index (χ2v) is 3.37. The van der Waals surface area contributed by atoms with Gasteiger partial charge in [-0.3, -0.25) is 5.32 Å². The van der Waals surface area contributed by atoms with Crippen LogP contribution in [0.5, 0.6) is 0 Å². The van der Waals surface area contributed by atoms with E-state index in [9.17, 15) is 4.79 Å². The number of primary amides is 1. The van der Waals surface area contributed by atoms with Gasteiger partial charge in [0.25, 0.3) is 0 Å². The third-order valence-electron chi connectivity index (χ3n) is 1.42. The molecule has 5 N–H and O–H groups in total. The highest BCUT2D eigenvalue weighted by atomic mass is 35.5. The topological polar surface area (TPSA) is 93.5 Å². The first-order valence-electron chi connectivity index (χ1n) is 3.85. The van der Waals surface area contributed by atoms with Gasteiger partial charge in [-0.25, -0.2) is 9.79 Å². The number of carbonyl (C=O) groups is 1. The Hall–Kier alpha value is -1.46. The van der Waals surface area contributed by atoms with E-state index in [1.165, 1.54) is 0 Å². The Morgan fingerprint density at radius 1 is 1.27 bits per heavy atom. The zero-order valence-electron chi connectivity index (χ0n) is 7.50. The summed E-state index contributed by atoms with van der Waals surface area (Å²) >= 11 is 11.6. The molecule has 0 bridgehead atoms. The molecule has 2 amide bonds. The van der Waals surface area contributed by atoms with E-state index in [1.54, 1.807) is 18.2 Å². The third kappa shape index (κ3) is 3.30. The molecule has 15 heavy (non-hydrogen) atoms. The van der Waals surface area contributed by atoms with Crippen LogP contribution < -0.4 is 16.8 Å². The highest BCUT2D eigenvalue weighted by Crippen LogP contribution is 2.32. The predicted molar refractivity (Wildman–Crippen MR) is 60.5 cm³/mol. The van der Waals surface area contributed by atoms with Crippen molar-refractivity contribution >= 4 is 40.9 Å². The summed E-state index contributed by atoms with van der Waals surface area (Å²) in [6.45, 7) is 0. The van der Waals surface area contributed by atoms with Crippen LogP contribution in [0, 0.1) is 0 Å². The van der Waals surface area contributed by atoms with Crippen LogP contribution in [0.2, 0.25) is 10.0 Å². The number of guanidine groups is 1. The third-order valence-corrected chi connectivity index (χ3v) is 2.03. The molecule has 0 saturated heterocycles. The average molecular weight is 247 g/mol. The summed E-state index contributed by atoms with van der Waals surface area (Å²) in [4.78, 5) is 14.3. The fourth-order valence-corrected chi connectivity index (χ4v) is 1.35. The van der Waals surface area contributed by atoms with Gasteiger partial charge in [0.1, 0.15) is 5.69 Å². The van der Waals surface area contributed by atoms with E-state index >= 15 is 0 Å². The van der Waals surface area contributed by atoms with Crippen LogP contribution >= 0.6 is 23.2 Å². The van der Waals surface area contributed by atoms with Crippen molar-refractivity contribution in [2.45, 2.75) is 0 Å². The first-order valence-corrected chi connectivity index (χ1v) is 4.61. The summed E-state index contributed by atoms with van der Waals surface area (Å²) in [5.41, 5.74) is 10.5. The van der Waals surface area contributed by atoms with E-state index in [2.05, 4.69) is 10.3 Å². The van der Waals surface area contributed by atoms with Crippen LogP contribution in [-0.2, 0) is 0 Å². The Labute approximate surface area is 96.1 Å². The van der Waals surface area contributed by atoms with Gasteiger partial charge in [-0.1, -0.05) is 29.3 Å². The number of nitrogens with two attached hydrogens (primary N) is 2. The number of carbonyl (C=O) groups excluding carboxylic acids is 1.